The summed E-state index contributed by atoms with van der Waals surface area (Å²) in [6.07, 6.45) is 4.06. The van der Waals surface area contributed by atoms with E-state index in [1.807, 2.05) is 0 Å². The molecule has 0 amide bonds. The minimum atomic E-state index is 0.459. The van der Waals surface area contributed by atoms with Crippen molar-refractivity contribution in [1.29, 1.82) is 0 Å². The first-order valence-electron chi connectivity index (χ1n) is 5.51. The van der Waals surface area contributed by atoms with Crippen molar-refractivity contribution in [1.82, 2.24) is 0 Å². The molecule has 1 aliphatic rings. The number of halogens is 1. The summed E-state index contributed by atoms with van der Waals surface area (Å²) in [7, 11) is 1.74. The van der Waals surface area contributed by atoms with Crippen LogP contribution in [0, 0.1) is 12.8 Å². The average molecular weight is 269 g/mol. The topological polar surface area (TPSA) is 9.23 Å². The number of methoxy groups -OCH3 is 1. The van der Waals surface area contributed by atoms with Gasteiger partial charge in [0.15, 0.2) is 0 Å². The molecule has 1 nitrogen and oxygen atoms in total. The van der Waals surface area contributed by atoms with Crippen LogP contribution in [0.2, 0.25) is 0 Å². The SMILES string of the molecule is COc1ccc(C)cc1C(Br)C1CCC1. The Hall–Kier alpha value is -0.500. The minimum absolute atomic E-state index is 0.459. The van der Waals surface area contributed by atoms with Crippen LogP contribution >= 0.6 is 15.9 Å². The predicted molar refractivity (Wildman–Crippen MR) is 66.7 cm³/mol. The van der Waals surface area contributed by atoms with Crippen LogP contribution in [0.5, 0.6) is 5.75 Å². The normalized spacial score (nSPS) is 18.3. The van der Waals surface area contributed by atoms with Crippen LogP contribution in [0.1, 0.15) is 35.2 Å². The number of hydrogen-bond donors (Lipinski definition) is 0. The first-order chi connectivity index (χ1) is 7.22. The lowest BCUT2D eigenvalue weighted by Gasteiger charge is -2.31. The van der Waals surface area contributed by atoms with E-state index >= 15 is 0 Å². The molecule has 0 N–H and O–H groups in total. The van der Waals surface area contributed by atoms with Gasteiger partial charge in [-0.3, -0.25) is 0 Å². The molecule has 2 heteroatoms. The predicted octanol–water partition coefficient (Wildman–Crippen LogP) is 4.24. The van der Waals surface area contributed by atoms with Crippen molar-refractivity contribution in [2.75, 3.05) is 7.11 Å². The molecule has 0 bridgehead atoms. The van der Waals surface area contributed by atoms with Crippen LogP contribution in [-0.4, -0.2) is 7.11 Å². The molecule has 1 aromatic rings. The van der Waals surface area contributed by atoms with Crippen LogP contribution in [0.25, 0.3) is 0 Å². The van der Waals surface area contributed by atoms with Crippen LogP contribution in [-0.2, 0) is 0 Å². The summed E-state index contributed by atoms with van der Waals surface area (Å²) < 4.78 is 5.41. The molecule has 1 atom stereocenters. The van der Waals surface area contributed by atoms with Crippen molar-refractivity contribution in [3.63, 3.8) is 0 Å². The van der Waals surface area contributed by atoms with Crippen molar-refractivity contribution >= 4 is 15.9 Å². The summed E-state index contributed by atoms with van der Waals surface area (Å²) in [6, 6.07) is 6.40. The number of hydrogen-bond acceptors (Lipinski definition) is 1. The van der Waals surface area contributed by atoms with Gasteiger partial charge >= 0.3 is 0 Å². The first-order valence-corrected chi connectivity index (χ1v) is 6.42. The summed E-state index contributed by atoms with van der Waals surface area (Å²) in [5.74, 6) is 1.80. The van der Waals surface area contributed by atoms with Gasteiger partial charge in [-0.2, -0.15) is 0 Å². The standard InChI is InChI=1S/C13H17BrO/c1-9-6-7-12(15-2)11(8-9)13(14)10-4-3-5-10/h6-8,10,13H,3-5H2,1-2H3. The van der Waals surface area contributed by atoms with E-state index in [1.54, 1.807) is 7.11 Å². The van der Waals surface area contributed by atoms with Crippen molar-refractivity contribution in [2.24, 2.45) is 5.92 Å². The molecule has 0 heterocycles. The number of aryl methyl sites for hydroxylation is 1. The second-order valence-corrected chi connectivity index (χ2v) is 5.32. The number of ether oxygens (including phenoxy) is 1. The Morgan fingerprint density at radius 1 is 1.40 bits per heavy atom. The maximum Gasteiger partial charge on any atom is 0.123 e. The third-order valence-electron chi connectivity index (χ3n) is 3.25. The highest BCUT2D eigenvalue weighted by atomic mass is 79.9. The quantitative estimate of drug-likeness (QED) is 0.746. The Morgan fingerprint density at radius 3 is 2.67 bits per heavy atom. The molecular weight excluding hydrogens is 252 g/mol. The maximum absolute atomic E-state index is 5.41. The van der Waals surface area contributed by atoms with Crippen LogP contribution in [0.3, 0.4) is 0 Å². The zero-order chi connectivity index (χ0) is 10.8. The zero-order valence-electron chi connectivity index (χ0n) is 9.29. The number of rotatable bonds is 3. The van der Waals surface area contributed by atoms with Gasteiger partial charge in [0.25, 0.3) is 0 Å². The molecule has 2 rings (SSSR count). The maximum atomic E-state index is 5.41. The molecule has 0 saturated heterocycles. The van der Waals surface area contributed by atoms with E-state index in [0.29, 0.717) is 4.83 Å². The molecule has 1 saturated carbocycles. The van der Waals surface area contributed by atoms with Gasteiger partial charge in [0.2, 0.25) is 0 Å². The van der Waals surface area contributed by atoms with E-state index < -0.39 is 0 Å². The van der Waals surface area contributed by atoms with Gasteiger partial charge in [0.1, 0.15) is 5.75 Å². The molecule has 0 aromatic heterocycles. The van der Waals surface area contributed by atoms with Gasteiger partial charge < -0.3 is 4.74 Å². The summed E-state index contributed by atoms with van der Waals surface area (Å²) in [5, 5.41) is 0. The molecule has 0 aliphatic heterocycles. The molecule has 15 heavy (non-hydrogen) atoms. The van der Waals surface area contributed by atoms with E-state index in [9.17, 15) is 0 Å². The van der Waals surface area contributed by atoms with Crippen LogP contribution < -0.4 is 4.74 Å². The summed E-state index contributed by atoms with van der Waals surface area (Å²) in [4.78, 5) is 0.459. The largest absolute Gasteiger partial charge is 0.496 e. The van der Waals surface area contributed by atoms with Gasteiger partial charge in [0, 0.05) is 10.4 Å². The summed E-state index contributed by atoms with van der Waals surface area (Å²) in [5.41, 5.74) is 2.61. The van der Waals surface area contributed by atoms with Crippen molar-refractivity contribution < 1.29 is 4.74 Å². The number of alkyl halides is 1. The lowest BCUT2D eigenvalue weighted by molar-refractivity contribution is 0.307. The highest BCUT2D eigenvalue weighted by Gasteiger charge is 2.28. The Labute approximate surface area is 100.0 Å². The molecule has 0 spiro atoms. The van der Waals surface area contributed by atoms with Crippen molar-refractivity contribution in [3.05, 3.63) is 29.3 Å². The Kier molecular flexibility index (Phi) is 3.35. The molecule has 1 fully saturated rings. The summed E-state index contributed by atoms with van der Waals surface area (Å²) >= 11 is 3.81. The Morgan fingerprint density at radius 2 is 2.13 bits per heavy atom. The molecule has 1 aromatic carbocycles. The second kappa shape index (κ2) is 4.56. The van der Waals surface area contributed by atoms with Gasteiger partial charge in [-0.15, -0.1) is 0 Å². The van der Waals surface area contributed by atoms with Crippen LogP contribution in [0.4, 0.5) is 0 Å². The monoisotopic (exact) mass is 268 g/mol. The molecule has 82 valence electrons. The summed E-state index contributed by atoms with van der Waals surface area (Å²) in [6.45, 7) is 2.13. The second-order valence-electron chi connectivity index (χ2n) is 4.34. The Balaban J connectivity index is 2.27. The van der Waals surface area contributed by atoms with Crippen molar-refractivity contribution in [3.8, 4) is 5.75 Å². The van der Waals surface area contributed by atoms with Gasteiger partial charge in [-0.1, -0.05) is 40.0 Å². The molecule has 1 aliphatic carbocycles. The van der Waals surface area contributed by atoms with E-state index in [2.05, 4.69) is 41.1 Å². The highest BCUT2D eigenvalue weighted by molar-refractivity contribution is 9.09. The Bertz CT molecular complexity index is 344. The van der Waals surface area contributed by atoms with Crippen molar-refractivity contribution in [2.45, 2.75) is 31.0 Å². The zero-order valence-corrected chi connectivity index (χ0v) is 10.9. The van der Waals surface area contributed by atoms with E-state index in [4.69, 9.17) is 4.74 Å². The molecule has 1 unspecified atom stereocenters. The highest BCUT2D eigenvalue weighted by Crippen LogP contribution is 2.45. The number of benzene rings is 1. The molecular formula is C13H17BrO. The molecule has 0 radical (unpaired) electrons. The minimum Gasteiger partial charge on any atom is -0.496 e. The first kappa shape index (κ1) is 11.0. The van der Waals surface area contributed by atoms with E-state index in [1.165, 1.54) is 30.4 Å². The lowest BCUT2D eigenvalue weighted by atomic mass is 9.80. The lowest BCUT2D eigenvalue weighted by Crippen LogP contribution is -2.16. The fourth-order valence-corrected chi connectivity index (χ4v) is 2.94. The third-order valence-corrected chi connectivity index (χ3v) is 4.49. The van der Waals surface area contributed by atoms with Crippen LogP contribution in [0.15, 0.2) is 18.2 Å². The van der Waals surface area contributed by atoms with Gasteiger partial charge in [0.05, 0.1) is 7.11 Å². The fourth-order valence-electron chi connectivity index (χ4n) is 2.06. The van der Waals surface area contributed by atoms with Gasteiger partial charge in [-0.05, 0) is 31.7 Å². The van der Waals surface area contributed by atoms with E-state index in [-0.39, 0.29) is 0 Å². The fraction of sp³-hybridized carbons (Fsp3) is 0.538. The van der Waals surface area contributed by atoms with E-state index in [0.717, 1.165) is 11.7 Å². The third kappa shape index (κ3) is 2.20. The average Bonchev–Trinajstić information content (AvgIpc) is 2.15. The smallest absolute Gasteiger partial charge is 0.123 e. The van der Waals surface area contributed by atoms with Gasteiger partial charge in [-0.25, -0.2) is 0 Å².